The number of aromatic hydroxyl groups is 1. The number of anilines is 1. The molecule has 0 spiro atoms. The molecule has 0 saturated heterocycles. The van der Waals surface area contributed by atoms with Crippen LogP contribution in [0.1, 0.15) is 17.2 Å². The van der Waals surface area contributed by atoms with Gasteiger partial charge < -0.3 is 26.2 Å². The van der Waals surface area contributed by atoms with Crippen molar-refractivity contribution >= 4 is 28.2 Å². The van der Waals surface area contributed by atoms with E-state index in [1.807, 2.05) is 6.07 Å². The van der Waals surface area contributed by atoms with Gasteiger partial charge in [0.15, 0.2) is 0 Å². The molecule has 7 heteroatoms. The summed E-state index contributed by atoms with van der Waals surface area (Å²) < 4.78 is 0. The maximum absolute atomic E-state index is 11.4. The molecule has 0 bridgehead atoms. The Hall–Kier alpha value is -2.54. The molecular formula is C18H18ClN3O3. The Bertz CT molecular complexity index is 971. The molecule has 0 fully saturated rings. The number of halogens is 1. The summed E-state index contributed by atoms with van der Waals surface area (Å²) in [5.74, 6) is -0.0341. The van der Waals surface area contributed by atoms with Gasteiger partial charge in [0.25, 0.3) is 0 Å². The Kier molecular flexibility index (Phi) is 4.94. The van der Waals surface area contributed by atoms with Crippen molar-refractivity contribution in [1.82, 2.24) is 10.3 Å². The summed E-state index contributed by atoms with van der Waals surface area (Å²) in [4.78, 5) is 14.0. The van der Waals surface area contributed by atoms with Crippen LogP contribution < -0.4 is 16.6 Å². The van der Waals surface area contributed by atoms with Crippen LogP contribution in [0, 0.1) is 0 Å². The summed E-state index contributed by atoms with van der Waals surface area (Å²) in [6, 6.07) is 11.4. The lowest BCUT2D eigenvalue weighted by Gasteiger charge is -2.15. The number of rotatable bonds is 5. The van der Waals surface area contributed by atoms with Gasteiger partial charge in [-0.15, -0.1) is 0 Å². The minimum atomic E-state index is -0.807. The number of phenolic OH excluding ortho intramolecular Hbond substituents is 1. The topological polar surface area (TPSA) is 111 Å². The molecule has 0 unspecified atom stereocenters. The average molecular weight is 360 g/mol. The number of pyridine rings is 1. The molecule has 1 heterocycles. The van der Waals surface area contributed by atoms with E-state index in [1.165, 1.54) is 12.1 Å². The number of hydrogen-bond donors (Lipinski definition) is 5. The highest BCUT2D eigenvalue weighted by Gasteiger charge is 2.13. The molecule has 2 aromatic carbocycles. The number of fused-ring (bicyclic) bond motifs is 1. The van der Waals surface area contributed by atoms with Crippen molar-refractivity contribution in [2.24, 2.45) is 0 Å². The maximum atomic E-state index is 11.4. The molecule has 3 aromatic rings. The van der Waals surface area contributed by atoms with Gasteiger partial charge in [-0.3, -0.25) is 4.79 Å². The van der Waals surface area contributed by atoms with E-state index < -0.39 is 6.10 Å². The van der Waals surface area contributed by atoms with Crippen LogP contribution in [0.4, 0.5) is 5.69 Å². The quantitative estimate of drug-likeness (QED) is 0.449. The monoisotopic (exact) mass is 359 g/mol. The molecule has 25 heavy (non-hydrogen) atoms. The van der Waals surface area contributed by atoms with E-state index in [1.54, 1.807) is 24.3 Å². The van der Waals surface area contributed by atoms with Crippen LogP contribution in [0.3, 0.4) is 0 Å². The van der Waals surface area contributed by atoms with E-state index in [2.05, 4.69) is 10.3 Å². The largest absolute Gasteiger partial charge is 0.506 e. The third-order valence-corrected chi connectivity index (χ3v) is 4.32. The van der Waals surface area contributed by atoms with Crippen molar-refractivity contribution in [3.8, 4) is 5.75 Å². The lowest BCUT2D eigenvalue weighted by molar-refractivity contribution is 0.176. The Balaban J connectivity index is 1.74. The van der Waals surface area contributed by atoms with Crippen molar-refractivity contribution in [3.63, 3.8) is 0 Å². The van der Waals surface area contributed by atoms with Gasteiger partial charge in [-0.05, 0) is 35.4 Å². The molecule has 0 saturated carbocycles. The second kappa shape index (κ2) is 7.14. The standard InChI is InChI=1S/C18H18ClN3O3/c19-13-7-10(1-4-14(13)20)8-21-9-16(24)11-2-5-15(23)18-12(11)3-6-17(25)22-18/h1-7,16,21,23-24H,8-9,20H2,(H,22,25)/t16-/m0/s1. The summed E-state index contributed by atoms with van der Waals surface area (Å²) in [5.41, 5.74) is 7.77. The van der Waals surface area contributed by atoms with Crippen LogP contribution in [0.15, 0.2) is 47.3 Å². The summed E-state index contributed by atoms with van der Waals surface area (Å²) in [7, 11) is 0. The summed E-state index contributed by atoms with van der Waals surface area (Å²) in [6.07, 6.45) is -0.807. The number of hydrogen-bond acceptors (Lipinski definition) is 5. The number of aromatic nitrogens is 1. The second-order valence-electron chi connectivity index (χ2n) is 5.79. The molecule has 6 nitrogen and oxygen atoms in total. The number of benzene rings is 2. The van der Waals surface area contributed by atoms with E-state index in [-0.39, 0.29) is 11.3 Å². The van der Waals surface area contributed by atoms with Gasteiger partial charge in [0.1, 0.15) is 5.75 Å². The van der Waals surface area contributed by atoms with E-state index >= 15 is 0 Å². The fourth-order valence-electron chi connectivity index (χ4n) is 2.69. The first-order chi connectivity index (χ1) is 12.0. The van der Waals surface area contributed by atoms with Crippen LogP contribution in [-0.2, 0) is 6.54 Å². The van der Waals surface area contributed by atoms with Crippen molar-refractivity contribution in [2.75, 3.05) is 12.3 Å². The third kappa shape index (κ3) is 3.76. The zero-order valence-corrected chi connectivity index (χ0v) is 14.0. The normalized spacial score (nSPS) is 12.4. The van der Waals surface area contributed by atoms with E-state index in [9.17, 15) is 15.0 Å². The number of aliphatic hydroxyl groups excluding tert-OH is 1. The lowest BCUT2D eigenvalue weighted by Crippen LogP contribution is -2.21. The fourth-order valence-corrected chi connectivity index (χ4v) is 2.90. The SMILES string of the molecule is Nc1ccc(CNC[C@H](O)c2ccc(O)c3[nH]c(=O)ccc23)cc1Cl. The van der Waals surface area contributed by atoms with Crippen LogP contribution in [-0.4, -0.2) is 21.7 Å². The Labute approximate surface area is 148 Å². The highest BCUT2D eigenvalue weighted by molar-refractivity contribution is 6.33. The molecule has 6 N–H and O–H groups in total. The Morgan fingerprint density at radius 1 is 1.20 bits per heavy atom. The molecule has 0 radical (unpaired) electrons. The predicted molar refractivity (Wildman–Crippen MR) is 98.8 cm³/mol. The summed E-state index contributed by atoms with van der Waals surface area (Å²) in [6.45, 7) is 0.810. The van der Waals surface area contributed by atoms with Gasteiger partial charge in [0.05, 0.1) is 22.3 Å². The molecule has 0 aliphatic rings. The van der Waals surface area contributed by atoms with E-state index in [0.29, 0.717) is 40.3 Å². The van der Waals surface area contributed by atoms with Crippen molar-refractivity contribution in [1.29, 1.82) is 0 Å². The molecular weight excluding hydrogens is 342 g/mol. The fraction of sp³-hybridized carbons (Fsp3) is 0.167. The molecule has 0 aliphatic heterocycles. The minimum absolute atomic E-state index is 0.0341. The molecule has 0 amide bonds. The van der Waals surface area contributed by atoms with Gasteiger partial charge in [-0.2, -0.15) is 0 Å². The lowest BCUT2D eigenvalue weighted by atomic mass is 10.0. The van der Waals surface area contributed by atoms with Crippen LogP contribution in [0.2, 0.25) is 5.02 Å². The van der Waals surface area contributed by atoms with E-state index in [4.69, 9.17) is 17.3 Å². The highest BCUT2D eigenvalue weighted by Crippen LogP contribution is 2.28. The number of aromatic amines is 1. The molecule has 1 atom stereocenters. The first-order valence-electron chi connectivity index (χ1n) is 7.73. The van der Waals surface area contributed by atoms with Crippen LogP contribution in [0.25, 0.3) is 10.9 Å². The number of nitrogens with two attached hydrogens (primary N) is 1. The van der Waals surface area contributed by atoms with Gasteiger partial charge in [0.2, 0.25) is 5.56 Å². The third-order valence-electron chi connectivity index (χ3n) is 4.00. The van der Waals surface area contributed by atoms with Crippen LogP contribution >= 0.6 is 11.6 Å². The summed E-state index contributed by atoms with van der Waals surface area (Å²) in [5, 5.41) is 24.6. The second-order valence-corrected chi connectivity index (χ2v) is 6.19. The van der Waals surface area contributed by atoms with Crippen molar-refractivity contribution < 1.29 is 10.2 Å². The van der Waals surface area contributed by atoms with Gasteiger partial charge >= 0.3 is 0 Å². The zero-order chi connectivity index (χ0) is 18.0. The zero-order valence-electron chi connectivity index (χ0n) is 13.3. The molecule has 1 aromatic heterocycles. The van der Waals surface area contributed by atoms with Gasteiger partial charge in [-0.1, -0.05) is 23.7 Å². The Morgan fingerprint density at radius 2 is 2.00 bits per heavy atom. The summed E-state index contributed by atoms with van der Waals surface area (Å²) >= 11 is 5.99. The maximum Gasteiger partial charge on any atom is 0.248 e. The van der Waals surface area contributed by atoms with Crippen molar-refractivity contribution in [2.45, 2.75) is 12.6 Å². The number of nitrogen functional groups attached to an aromatic ring is 1. The predicted octanol–water partition coefficient (Wildman–Crippen LogP) is 2.29. The molecule has 3 rings (SSSR count). The molecule has 130 valence electrons. The number of H-pyrrole nitrogens is 1. The first-order valence-corrected chi connectivity index (χ1v) is 8.11. The van der Waals surface area contributed by atoms with Gasteiger partial charge in [0, 0.05) is 24.5 Å². The number of phenols is 1. The minimum Gasteiger partial charge on any atom is -0.506 e. The highest BCUT2D eigenvalue weighted by atomic mass is 35.5. The smallest absolute Gasteiger partial charge is 0.248 e. The Morgan fingerprint density at radius 3 is 2.76 bits per heavy atom. The van der Waals surface area contributed by atoms with Gasteiger partial charge in [-0.25, -0.2) is 0 Å². The number of aliphatic hydroxyl groups is 1. The van der Waals surface area contributed by atoms with E-state index in [0.717, 1.165) is 5.56 Å². The van der Waals surface area contributed by atoms with Crippen molar-refractivity contribution in [3.05, 3.63) is 69.0 Å². The van der Waals surface area contributed by atoms with Crippen LogP contribution in [0.5, 0.6) is 5.75 Å². The number of nitrogens with one attached hydrogen (secondary N) is 2. The first kappa shape index (κ1) is 17.3. The average Bonchev–Trinajstić information content (AvgIpc) is 2.58. The molecule has 0 aliphatic carbocycles.